The van der Waals surface area contributed by atoms with Crippen molar-refractivity contribution in [1.29, 1.82) is 5.26 Å². The molecule has 10 heteroatoms. The highest BCUT2D eigenvalue weighted by Gasteiger charge is 2.59. The van der Waals surface area contributed by atoms with E-state index in [2.05, 4.69) is 57.7 Å². The van der Waals surface area contributed by atoms with Gasteiger partial charge in [0.25, 0.3) is 0 Å². The number of hydrogen-bond acceptors (Lipinski definition) is 7. The Balaban J connectivity index is 1.25. The van der Waals surface area contributed by atoms with E-state index in [0.29, 0.717) is 73.6 Å². The lowest BCUT2D eigenvalue weighted by Crippen LogP contribution is -2.27. The molecule has 3 aliphatic rings. The third-order valence-corrected chi connectivity index (χ3v) is 9.10. The smallest absolute Gasteiger partial charge is 0.109 e. The number of nitrogens with one attached hydrogen (secondary N) is 2. The number of fused-ring (bicyclic) bond motifs is 2. The van der Waals surface area contributed by atoms with E-state index in [-0.39, 0.29) is 5.41 Å². The van der Waals surface area contributed by atoms with Gasteiger partial charge >= 0.3 is 0 Å². The van der Waals surface area contributed by atoms with E-state index in [1.54, 1.807) is 24.4 Å². The van der Waals surface area contributed by atoms with Crippen molar-refractivity contribution in [3.63, 3.8) is 0 Å². The van der Waals surface area contributed by atoms with Gasteiger partial charge in [0.1, 0.15) is 11.8 Å². The summed E-state index contributed by atoms with van der Waals surface area (Å²) in [6.45, 7) is 9.27. The lowest BCUT2D eigenvalue weighted by Gasteiger charge is -2.22. The minimum absolute atomic E-state index is 0.0189. The fourth-order valence-corrected chi connectivity index (χ4v) is 6.59. The van der Waals surface area contributed by atoms with E-state index < -0.39 is 6.02 Å². The van der Waals surface area contributed by atoms with Crippen molar-refractivity contribution in [3.05, 3.63) is 75.7 Å². The minimum Gasteiger partial charge on any atom is -0.383 e. The number of nitriles is 1. The summed E-state index contributed by atoms with van der Waals surface area (Å²) in [4.78, 5) is 7.10. The normalized spacial score (nSPS) is 23.6. The second kappa shape index (κ2) is 10.4. The average molecular weight is 603 g/mol. The van der Waals surface area contributed by atoms with Crippen molar-refractivity contribution in [1.82, 2.24) is 24.9 Å². The SMILES string of the molecule is [2H][C@@](Nc1cc(Cl)c2ncc(C#N)c(NCC(C)(C)C)c2c1)(c1ccc(Cl)cc1)c1cn(C2[C@H]3CN(C4CC4)C[C@@H]23)nn1. The van der Waals surface area contributed by atoms with Crippen molar-refractivity contribution >= 4 is 45.5 Å². The van der Waals surface area contributed by atoms with Crippen molar-refractivity contribution in [2.75, 3.05) is 30.3 Å². The molecule has 42 heavy (non-hydrogen) atoms. The third kappa shape index (κ3) is 5.30. The van der Waals surface area contributed by atoms with Gasteiger partial charge in [-0.05, 0) is 48.1 Å². The zero-order valence-electron chi connectivity index (χ0n) is 24.9. The minimum atomic E-state index is -1.50. The van der Waals surface area contributed by atoms with Gasteiger partial charge in [-0.15, -0.1) is 5.10 Å². The summed E-state index contributed by atoms with van der Waals surface area (Å²) < 4.78 is 11.8. The monoisotopic (exact) mass is 601 g/mol. The molecule has 2 saturated carbocycles. The summed E-state index contributed by atoms with van der Waals surface area (Å²) in [5.41, 5.74) is 3.39. The summed E-state index contributed by atoms with van der Waals surface area (Å²) in [6.07, 6.45) is 6.11. The van der Waals surface area contributed by atoms with E-state index in [1.165, 1.54) is 12.8 Å². The van der Waals surface area contributed by atoms with Gasteiger partial charge in [0.05, 0.1) is 41.4 Å². The Bertz CT molecular complexity index is 1730. The van der Waals surface area contributed by atoms with Crippen molar-refractivity contribution in [2.24, 2.45) is 17.3 Å². The molecule has 0 amide bonds. The highest BCUT2D eigenvalue weighted by molar-refractivity contribution is 6.36. The van der Waals surface area contributed by atoms with Crippen LogP contribution in [0.25, 0.3) is 10.9 Å². The van der Waals surface area contributed by atoms with Crippen LogP contribution in [0.2, 0.25) is 10.0 Å². The lowest BCUT2D eigenvalue weighted by molar-refractivity contribution is 0.270. The fraction of sp³-hybridized carbons (Fsp3) is 0.438. The molecule has 1 saturated heterocycles. The second-order valence-electron chi connectivity index (χ2n) is 13.0. The first-order valence-electron chi connectivity index (χ1n) is 15.0. The molecule has 216 valence electrons. The third-order valence-electron chi connectivity index (χ3n) is 8.56. The number of aromatic nitrogens is 4. The van der Waals surface area contributed by atoms with Crippen LogP contribution in [-0.2, 0) is 0 Å². The second-order valence-corrected chi connectivity index (χ2v) is 13.9. The molecular formula is C32H34Cl2N8. The van der Waals surface area contributed by atoms with Crippen LogP contribution in [0.3, 0.4) is 0 Å². The van der Waals surface area contributed by atoms with Crippen LogP contribution in [-0.4, -0.2) is 50.6 Å². The van der Waals surface area contributed by atoms with Crippen LogP contribution >= 0.6 is 23.2 Å². The molecule has 0 radical (unpaired) electrons. The number of likely N-dealkylation sites (tertiary alicyclic amines) is 1. The highest BCUT2D eigenvalue weighted by Crippen LogP contribution is 2.56. The van der Waals surface area contributed by atoms with Gasteiger partial charge in [-0.1, -0.05) is 61.3 Å². The maximum absolute atomic E-state index is 9.87. The van der Waals surface area contributed by atoms with E-state index >= 15 is 0 Å². The zero-order chi connectivity index (χ0) is 30.1. The predicted molar refractivity (Wildman–Crippen MR) is 167 cm³/mol. The summed E-state index contributed by atoms with van der Waals surface area (Å²) >= 11 is 13.0. The number of anilines is 2. The van der Waals surface area contributed by atoms with Crippen LogP contribution in [0.5, 0.6) is 0 Å². The Morgan fingerprint density at radius 3 is 2.55 bits per heavy atom. The Morgan fingerprint density at radius 2 is 1.88 bits per heavy atom. The molecule has 2 aromatic carbocycles. The van der Waals surface area contributed by atoms with Gasteiger partial charge in [0.15, 0.2) is 0 Å². The Labute approximate surface area is 257 Å². The zero-order valence-corrected chi connectivity index (χ0v) is 25.4. The van der Waals surface area contributed by atoms with Gasteiger partial charge in [-0.25, -0.2) is 4.68 Å². The Kier molecular flexibility index (Phi) is 6.51. The van der Waals surface area contributed by atoms with Crippen molar-refractivity contribution in [2.45, 2.75) is 51.7 Å². The summed E-state index contributed by atoms with van der Waals surface area (Å²) in [5, 5.41) is 27.5. The summed E-state index contributed by atoms with van der Waals surface area (Å²) in [5.74, 6) is 1.19. The number of benzene rings is 2. The largest absolute Gasteiger partial charge is 0.383 e. The van der Waals surface area contributed by atoms with Gasteiger partial charge in [0.2, 0.25) is 0 Å². The molecule has 3 fully saturated rings. The van der Waals surface area contributed by atoms with Crippen LogP contribution in [0.1, 0.15) is 63.9 Å². The maximum Gasteiger partial charge on any atom is 0.109 e. The van der Waals surface area contributed by atoms with E-state index in [4.69, 9.17) is 23.2 Å². The van der Waals surface area contributed by atoms with Gasteiger partial charge in [-0.2, -0.15) is 5.26 Å². The maximum atomic E-state index is 9.87. The molecule has 3 heterocycles. The van der Waals surface area contributed by atoms with Gasteiger partial charge < -0.3 is 10.6 Å². The Hall–Kier alpha value is -3.38. The van der Waals surface area contributed by atoms with Crippen LogP contribution in [0, 0.1) is 28.6 Å². The summed E-state index contributed by atoms with van der Waals surface area (Å²) in [6, 6.07) is 12.7. The molecule has 2 aromatic heterocycles. The summed E-state index contributed by atoms with van der Waals surface area (Å²) in [7, 11) is 0. The first-order valence-corrected chi connectivity index (χ1v) is 15.3. The molecule has 7 rings (SSSR count). The lowest BCUT2D eigenvalue weighted by atomic mass is 9.96. The first-order chi connectivity index (χ1) is 20.5. The molecule has 8 nitrogen and oxygen atoms in total. The van der Waals surface area contributed by atoms with E-state index in [9.17, 15) is 6.63 Å². The van der Waals surface area contributed by atoms with Crippen LogP contribution in [0.4, 0.5) is 11.4 Å². The number of rotatable bonds is 8. The molecule has 1 aliphatic heterocycles. The highest BCUT2D eigenvalue weighted by atomic mass is 35.5. The predicted octanol–water partition coefficient (Wildman–Crippen LogP) is 6.93. The van der Waals surface area contributed by atoms with Crippen LogP contribution in [0.15, 0.2) is 48.8 Å². The van der Waals surface area contributed by atoms with E-state index in [1.807, 2.05) is 29.1 Å². The molecule has 4 atom stereocenters. The van der Waals surface area contributed by atoms with Crippen molar-refractivity contribution < 1.29 is 1.37 Å². The fourth-order valence-electron chi connectivity index (χ4n) is 6.20. The molecular weight excluding hydrogens is 567 g/mol. The molecule has 2 N–H and O–H groups in total. The number of pyridine rings is 1. The van der Waals surface area contributed by atoms with E-state index in [0.717, 1.165) is 19.1 Å². The standard InChI is InChI=1S/C32H34Cl2N8/c1-32(2,3)17-37-28-19(12-35)13-36-30-23(28)10-21(11-26(30)34)38-29(18-4-6-20(33)7-5-18)27-16-42(40-39-27)31-24-14-41(15-25(24)31)22-8-9-22/h4-7,10-11,13,16,22,24-25,29,31,38H,8-9,14-15,17H2,1-3H3,(H,36,37)/t24-,25+,29-,31?/m1/s1/i29D. The molecule has 4 aromatic rings. The number of halogens is 2. The number of nitrogens with zero attached hydrogens (tertiary/aromatic N) is 6. The quantitative estimate of drug-likeness (QED) is 0.226. The molecule has 0 bridgehead atoms. The number of piperidine rings is 1. The Morgan fingerprint density at radius 1 is 1.14 bits per heavy atom. The molecule has 0 spiro atoms. The van der Waals surface area contributed by atoms with Crippen LogP contribution < -0.4 is 10.6 Å². The average Bonchev–Trinajstić information content (AvgIpc) is 3.82. The first kappa shape index (κ1) is 26.3. The molecule has 1 unspecified atom stereocenters. The van der Waals surface area contributed by atoms with Gasteiger partial charge in [0, 0.05) is 59.8 Å². The van der Waals surface area contributed by atoms with Crippen molar-refractivity contribution in [3.8, 4) is 6.07 Å². The molecule has 2 aliphatic carbocycles. The van der Waals surface area contributed by atoms with Gasteiger partial charge in [-0.3, -0.25) is 9.88 Å². The number of hydrogen-bond donors (Lipinski definition) is 2. The topological polar surface area (TPSA) is 94.7 Å².